The number of benzene rings is 2. The van der Waals surface area contributed by atoms with E-state index in [0.717, 1.165) is 12.1 Å². The number of hydrogen-bond donors (Lipinski definition) is 1. The molecule has 1 aliphatic heterocycles. The van der Waals surface area contributed by atoms with E-state index in [1.165, 1.54) is 11.1 Å². The number of piperazine rings is 1. The lowest BCUT2D eigenvalue weighted by Crippen LogP contribution is -2.57. The molecule has 1 atom stereocenters. The molecule has 1 heterocycles. The van der Waals surface area contributed by atoms with Gasteiger partial charge in [-0.2, -0.15) is 0 Å². The minimum absolute atomic E-state index is 0.00174. The molecule has 2 amide bonds. The summed E-state index contributed by atoms with van der Waals surface area (Å²) < 4.78 is 0. The summed E-state index contributed by atoms with van der Waals surface area (Å²) in [7, 11) is 1.64. The van der Waals surface area contributed by atoms with E-state index in [9.17, 15) is 9.59 Å². The lowest BCUT2D eigenvalue weighted by atomic mass is 10.0. The summed E-state index contributed by atoms with van der Waals surface area (Å²) in [5.41, 5.74) is 3.36. The summed E-state index contributed by atoms with van der Waals surface area (Å²) in [6, 6.07) is 18.6. The highest BCUT2D eigenvalue weighted by Gasteiger charge is 2.32. The lowest BCUT2D eigenvalue weighted by molar-refractivity contribution is -0.125. The Balaban J connectivity index is 1.78. The maximum absolute atomic E-state index is 12.8. The molecule has 0 aromatic heterocycles. The molecule has 0 radical (unpaired) electrons. The number of anilines is 1. The Kier molecular flexibility index (Phi) is 6.24. The molecule has 1 aliphatic rings. The summed E-state index contributed by atoms with van der Waals surface area (Å²) in [6.45, 7) is 3.60. The number of carbonyl (C=O) groups is 2. The highest BCUT2D eigenvalue weighted by atomic mass is 16.2. The van der Waals surface area contributed by atoms with Crippen LogP contribution in [0.1, 0.15) is 17.5 Å². The summed E-state index contributed by atoms with van der Waals surface area (Å²) >= 11 is 0. The first-order chi connectivity index (χ1) is 13.1. The Morgan fingerprint density at radius 3 is 2.48 bits per heavy atom. The molecule has 2 aromatic carbocycles. The maximum Gasteiger partial charge on any atom is 0.241 e. The van der Waals surface area contributed by atoms with Crippen LogP contribution in [-0.2, 0) is 16.0 Å². The van der Waals surface area contributed by atoms with E-state index in [0.29, 0.717) is 26.1 Å². The monoisotopic (exact) mass is 365 g/mol. The van der Waals surface area contributed by atoms with Gasteiger partial charge in [0.05, 0.1) is 6.54 Å². The summed E-state index contributed by atoms with van der Waals surface area (Å²) in [4.78, 5) is 28.5. The zero-order valence-electron chi connectivity index (χ0n) is 16.0. The van der Waals surface area contributed by atoms with Gasteiger partial charge in [-0.15, -0.1) is 0 Å². The fraction of sp³-hybridized carbons (Fsp3) is 0.364. The van der Waals surface area contributed by atoms with Gasteiger partial charge in [-0.05, 0) is 31.0 Å². The molecule has 5 nitrogen and oxygen atoms in total. The average molecular weight is 365 g/mol. The molecule has 1 fully saturated rings. The van der Waals surface area contributed by atoms with Gasteiger partial charge in [-0.3, -0.25) is 14.5 Å². The number of amides is 2. The normalized spacial score (nSPS) is 17.8. The summed E-state index contributed by atoms with van der Waals surface area (Å²) in [6.07, 6.45) is 1.25. The van der Waals surface area contributed by atoms with Crippen LogP contribution >= 0.6 is 0 Å². The Labute approximate surface area is 161 Å². The molecule has 1 N–H and O–H groups in total. The molecule has 1 unspecified atom stereocenters. The number of nitrogens with one attached hydrogen (secondary N) is 1. The van der Waals surface area contributed by atoms with Crippen molar-refractivity contribution in [3.8, 4) is 0 Å². The molecule has 3 rings (SSSR count). The van der Waals surface area contributed by atoms with Crippen LogP contribution in [0.5, 0.6) is 0 Å². The van der Waals surface area contributed by atoms with Gasteiger partial charge >= 0.3 is 0 Å². The largest absolute Gasteiger partial charge is 0.359 e. The highest BCUT2D eigenvalue weighted by molar-refractivity contribution is 5.95. The van der Waals surface area contributed by atoms with E-state index < -0.39 is 0 Å². The van der Waals surface area contributed by atoms with Crippen molar-refractivity contribution in [1.29, 1.82) is 0 Å². The minimum atomic E-state index is 0.00174. The first kappa shape index (κ1) is 19.1. The Hall–Kier alpha value is -2.66. The van der Waals surface area contributed by atoms with E-state index >= 15 is 0 Å². The Morgan fingerprint density at radius 1 is 1.11 bits per heavy atom. The van der Waals surface area contributed by atoms with Crippen molar-refractivity contribution in [2.45, 2.75) is 25.8 Å². The van der Waals surface area contributed by atoms with Gasteiger partial charge < -0.3 is 10.2 Å². The Morgan fingerprint density at radius 2 is 1.81 bits per heavy atom. The third-order valence-corrected chi connectivity index (χ3v) is 5.11. The van der Waals surface area contributed by atoms with Crippen LogP contribution in [0, 0.1) is 6.92 Å². The second-order valence-corrected chi connectivity index (χ2v) is 7.08. The standard InChI is InChI=1S/C22H27N3O2/c1-17-8-10-19(11-9-17)25-15-20(14-18-6-4-3-5-7-18)24(16-22(25)27)13-12-21(26)23-2/h3-11,20H,12-16H2,1-2H3,(H,23,26). The lowest BCUT2D eigenvalue weighted by Gasteiger charge is -2.41. The fourth-order valence-corrected chi connectivity index (χ4v) is 3.50. The second-order valence-electron chi connectivity index (χ2n) is 7.08. The number of rotatable bonds is 6. The quantitative estimate of drug-likeness (QED) is 0.855. The minimum Gasteiger partial charge on any atom is -0.359 e. The zero-order valence-corrected chi connectivity index (χ0v) is 16.0. The highest BCUT2D eigenvalue weighted by Crippen LogP contribution is 2.23. The molecule has 0 aliphatic carbocycles. The maximum atomic E-state index is 12.8. The van der Waals surface area contributed by atoms with Gasteiger partial charge in [0.25, 0.3) is 0 Å². The predicted octanol–water partition coefficient (Wildman–Crippen LogP) is 2.39. The van der Waals surface area contributed by atoms with Gasteiger partial charge in [0.15, 0.2) is 0 Å². The van der Waals surface area contributed by atoms with E-state index in [4.69, 9.17) is 0 Å². The van der Waals surface area contributed by atoms with Crippen LogP contribution in [0.25, 0.3) is 0 Å². The third kappa shape index (κ3) is 4.95. The van der Waals surface area contributed by atoms with Crippen molar-refractivity contribution in [1.82, 2.24) is 10.2 Å². The smallest absolute Gasteiger partial charge is 0.241 e. The van der Waals surface area contributed by atoms with Crippen molar-refractivity contribution >= 4 is 17.5 Å². The van der Waals surface area contributed by atoms with Gasteiger partial charge in [-0.1, -0.05) is 48.0 Å². The zero-order chi connectivity index (χ0) is 19.2. The molecule has 2 aromatic rings. The van der Waals surface area contributed by atoms with Gasteiger partial charge in [0.1, 0.15) is 0 Å². The molecule has 27 heavy (non-hydrogen) atoms. The molecule has 1 saturated heterocycles. The molecular weight excluding hydrogens is 338 g/mol. The van der Waals surface area contributed by atoms with Gasteiger partial charge in [-0.25, -0.2) is 0 Å². The Bertz CT molecular complexity index is 774. The van der Waals surface area contributed by atoms with Crippen molar-refractivity contribution in [2.75, 3.05) is 31.6 Å². The summed E-state index contributed by atoms with van der Waals surface area (Å²) in [5.74, 6) is 0.0851. The van der Waals surface area contributed by atoms with E-state index in [2.05, 4.69) is 22.3 Å². The SMILES string of the molecule is CNC(=O)CCN1CC(=O)N(c2ccc(C)cc2)CC1Cc1ccccc1. The van der Waals surface area contributed by atoms with Crippen LogP contribution in [0.4, 0.5) is 5.69 Å². The summed E-state index contributed by atoms with van der Waals surface area (Å²) in [5, 5.41) is 2.66. The van der Waals surface area contributed by atoms with Crippen LogP contribution < -0.4 is 10.2 Å². The molecular formula is C22H27N3O2. The van der Waals surface area contributed by atoms with E-state index in [1.807, 2.05) is 54.3 Å². The van der Waals surface area contributed by atoms with Crippen LogP contribution in [0.3, 0.4) is 0 Å². The van der Waals surface area contributed by atoms with Gasteiger partial charge in [0.2, 0.25) is 11.8 Å². The van der Waals surface area contributed by atoms with Crippen molar-refractivity contribution in [3.05, 3.63) is 65.7 Å². The van der Waals surface area contributed by atoms with Crippen molar-refractivity contribution in [2.24, 2.45) is 0 Å². The van der Waals surface area contributed by atoms with E-state index in [-0.39, 0.29) is 17.9 Å². The third-order valence-electron chi connectivity index (χ3n) is 5.11. The van der Waals surface area contributed by atoms with Crippen molar-refractivity contribution < 1.29 is 9.59 Å². The molecule has 5 heteroatoms. The molecule has 0 bridgehead atoms. The topological polar surface area (TPSA) is 52.7 Å². The predicted molar refractivity (Wildman–Crippen MR) is 108 cm³/mol. The van der Waals surface area contributed by atoms with Crippen LogP contribution in [0.2, 0.25) is 0 Å². The van der Waals surface area contributed by atoms with Gasteiger partial charge in [0, 0.05) is 38.3 Å². The molecule has 0 saturated carbocycles. The number of carbonyl (C=O) groups excluding carboxylic acids is 2. The van der Waals surface area contributed by atoms with Crippen molar-refractivity contribution in [3.63, 3.8) is 0 Å². The second kappa shape index (κ2) is 8.82. The number of nitrogens with zero attached hydrogens (tertiary/aromatic N) is 2. The first-order valence-electron chi connectivity index (χ1n) is 9.42. The average Bonchev–Trinajstić information content (AvgIpc) is 2.69. The first-order valence-corrected chi connectivity index (χ1v) is 9.42. The number of hydrogen-bond acceptors (Lipinski definition) is 3. The number of aryl methyl sites for hydroxylation is 1. The van der Waals surface area contributed by atoms with Crippen LogP contribution in [0.15, 0.2) is 54.6 Å². The molecule has 142 valence electrons. The molecule has 0 spiro atoms. The van der Waals surface area contributed by atoms with E-state index in [1.54, 1.807) is 7.05 Å². The fourth-order valence-electron chi connectivity index (χ4n) is 3.50. The van der Waals surface area contributed by atoms with Crippen LogP contribution in [-0.4, -0.2) is 49.4 Å².